The average Bonchev–Trinajstić information content (AvgIpc) is 2.54. The molecule has 0 radical (unpaired) electrons. The Hall–Kier alpha value is -1.47. The van der Waals surface area contributed by atoms with Crippen molar-refractivity contribution in [2.24, 2.45) is 0 Å². The third-order valence-corrected chi connectivity index (χ3v) is 5.18. The zero-order chi connectivity index (χ0) is 16.2. The second-order valence-electron chi connectivity index (χ2n) is 4.85. The van der Waals surface area contributed by atoms with Crippen molar-refractivity contribution in [3.05, 3.63) is 58.9 Å². The molecule has 0 aliphatic carbocycles. The van der Waals surface area contributed by atoms with Gasteiger partial charge in [-0.15, -0.1) is 0 Å². The van der Waals surface area contributed by atoms with E-state index < -0.39 is 10.0 Å². The van der Waals surface area contributed by atoms with Crippen LogP contribution in [-0.2, 0) is 16.6 Å². The number of sulfonamides is 1. The van der Waals surface area contributed by atoms with Crippen molar-refractivity contribution in [1.29, 1.82) is 0 Å². The molecule has 0 saturated carbocycles. The van der Waals surface area contributed by atoms with E-state index in [4.69, 9.17) is 11.6 Å². The predicted molar refractivity (Wildman–Crippen MR) is 87.2 cm³/mol. The van der Waals surface area contributed by atoms with Gasteiger partial charge in [-0.1, -0.05) is 23.7 Å². The molecule has 7 heteroatoms. The molecular weight excluding hydrogens is 322 g/mol. The van der Waals surface area contributed by atoms with Crippen LogP contribution >= 0.6 is 11.6 Å². The highest BCUT2D eigenvalue weighted by molar-refractivity contribution is 7.89. The number of pyridine rings is 1. The van der Waals surface area contributed by atoms with Gasteiger partial charge in [0.05, 0.1) is 9.92 Å². The molecule has 0 saturated heterocycles. The van der Waals surface area contributed by atoms with Gasteiger partial charge in [0.2, 0.25) is 10.0 Å². The quantitative estimate of drug-likeness (QED) is 0.848. The number of aromatic nitrogens is 1. The molecule has 0 aliphatic heterocycles. The van der Waals surface area contributed by atoms with Gasteiger partial charge in [0.1, 0.15) is 0 Å². The molecule has 0 bridgehead atoms. The van der Waals surface area contributed by atoms with E-state index in [2.05, 4.69) is 15.0 Å². The molecule has 0 aliphatic rings. The van der Waals surface area contributed by atoms with Crippen LogP contribution in [-0.4, -0.2) is 20.4 Å². The fraction of sp³-hybridized carbons (Fsp3) is 0.267. The maximum absolute atomic E-state index is 11.7. The second kappa shape index (κ2) is 7.19. The van der Waals surface area contributed by atoms with Gasteiger partial charge in [0.15, 0.2) is 0 Å². The molecule has 2 rings (SSSR count). The number of nitrogens with zero attached hydrogens (tertiary/aromatic N) is 1. The van der Waals surface area contributed by atoms with Gasteiger partial charge < -0.3 is 5.32 Å². The van der Waals surface area contributed by atoms with E-state index in [0.29, 0.717) is 11.6 Å². The van der Waals surface area contributed by atoms with Crippen molar-refractivity contribution in [1.82, 2.24) is 15.0 Å². The van der Waals surface area contributed by atoms with Crippen LogP contribution in [0.2, 0.25) is 5.02 Å². The number of hydrogen-bond acceptors (Lipinski definition) is 4. The first-order valence-electron chi connectivity index (χ1n) is 6.79. The summed E-state index contributed by atoms with van der Waals surface area (Å²) in [7, 11) is -2.00. The van der Waals surface area contributed by atoms with Crippen LogP contribution in [0.5, 0.6) is 0 Å². The molecule has 22 heavy (non-hydrogen) atoms. The monoisotopic (exact) mass is 339 g/mol. The van der Waals surface area contributed by atoms with E-state index in [9.17, 15) is 8.42 Å². The SMILES string of the molecule is CNS(=O)(=O)c1ccc(C(C)NCc2ccncc2Cl)cc1. The maximum Gasteiger partial charge on any atom is 0.240 e. The summed E-state index contributed by atoms with van der Waals surface area (Å²) in [4.78, 5) is 4.20. The first-order valence-corrected chi connectivity index (χ1v) is 8.65. The Morgan fingerprint density at radius 3 is 2.50 bits per heavy atom. The molecule has 1 heterocycles. The minimum Gasteiger partial charge on any atom is -0.306 e. The number of rotatable bonds is 6. The lowest BCUT2D eigenvalue weighted by Crippen LogP contribution is -2.20. The number of nitrogens with one attached hydrogen (secondary N) is 2. The molecule has 2 N–H and O–H groups in total. The summed E-state index contributed by atoms with van der Waals surface area (Å²) in [5.41, 5.74) is 1.97. The zero-order valence-electron chi connectivity index (χ0n) is 12.4. The predicted octanol–water partition coefficient (Wildman–Crippen LogP) is 2.49. The Labute approximate surface area is 135 Å². The van der Waals surface area contributed by atoms with Crippen LogP contribution in [0.25, 0.3) is 0 Å². The van der Waals surface area contributed by atoms with E-state index in [-0.39, 0.29) is 10.9 Å². The number of halogens is 1. The molecule has 5 nitrogen and oxygen atoms in total. The Bertz CT molecular complexity index is 733. The highest BCUT2D eigenvalue weighted by atomic mass is 35.5. The highest BCUT2D eigenvalue weighted by Crippen LogP contribution is 2.18. The largest absolute Gasteiger partial charge is 0.306 e. The number of benzene rings is 1. The lowest BCUT2D eigenvalue weighted by molar-refractivity contribution is 0.573. The summed E-state index contributed by atoms with van der Waals surface area (Å²) in [5.74, 6) is 0. The van der Waals surface area contributed by atoms with E-state index >= 15 is 0 Å². The van der Waals surface area contributed by atoms with Gasteiger partial charge in [-0.3, -0.25) is 4.98 Å². The molecule has 1 aromatic carbocycles. The Balaban J connectivity index is 2.04. The molecule has 1 unspecified atom stereocenters. The van der Waals surface area contributed by atoms with E-state index in [1.165, 1.54) is 7.05 Å². The lowest BCUT2D eigenvalue weighted by Gasteiger charge is -2.15. The van der Waals surface area contributed by atoms with Crippen LogP contribution in [0.1, 0.15) is 24.1 Å². The second-order valence-corrected chi connectivity index (χ2v) is 7.14. The molecular formula is C15H18ClN3O2S. The molecule has 0 fully saturated rings. The van der Waals surface area contributed by atoms with Gasteiger partial charge in [-0.05, 0) is 43.3 Å². The standard InChI is InChI=1S/C15H18ClN3O2S/c1-11(19-9-13-7-8-18-10-15(13)16)12-3-5-14(6-4-12)22(20,21)17-2/h3-8,10-11,17,19H,9H2,1-2H3. The number of hydrogen-bond donors (Lipinski definition) is 2. The van der Waals surface area contributed by atoms with E-state index in [0.717, 1.165) is 11.1 Å². The minimum atomic E-state index is -3.40. The third kappa shape index (κ3) is 4.04. The summed E-state index contributed by atoms with van der Waals surface area (Å²) >= 11 is 6.06. The van der Waals surface area contributed by atoms with E-state index in [1.54, 1.807) is 36.7 Å². The summed E-state index contributed by atoms with van der Waals surface area (Å²) < 4.78 is 25.7. The molecule has 0 amide bonds. The topological polar surface area (TPSA) is 71.1 Å². The maximum atomic E-state index is 11.7. The lowest BCUT2D eigenvalue weighted by atomic mass is 10.1. The Morgan fingerprint density at radius 2 is 1.91 bits per heavy atom. The Kier molecular flexibility index (Phi) is 5.52. The highest BCUT2D eigenvalue weighted by Gasteiger charge is 2.12. The van der Waals surface area contributed by atoms with Crippen molar-refractivity contribution >= 4 is 21.6 Å². The molecule has 1 aromatic heterocycles. The normalized spacial score (nSPS) is 13.0. The van der Waals surface area contributed by atoms with Crippen LogP contribution in [0.15, 0.2) is 47.6 Å². The average molecular weight is 340 g/mol. The van der Waals surface area contributed by atoms with Crippen LogP contribution in [0.3, 0.4) is 0 Å². The van der Waals surface area contributed by atoms with Crippen molar-refractivity contribution < 1.29 is 8.42 Å². The molecule has 118 valence electrons. The summed E-state index contributed by atoms with van der Waals surface area (Å²) in [6, 6.07) is 8.73. The third-order valence-electron chi connectivity index (χ3n) is 3.41. The van der Waals surface area contributed by atoms with E-state index in [1.807, 2.05) is 13.0 Å². The van der Waals surface area contributed by atoms with Gasteiger partial charge >= 0.3 is 0 Å². The van der Waals surface area contributed by atoms with Gasteiger partial charge in [0.25, 0.3) is 0 Å². The minimum absolute atomic E-state index is 0.0653. The van der Waals surface area contributed by atoms with Crippen LogP contribution < -0.4 is 10.0 Å². The van der Waals surface area contributed by atoms with Gasteiger partial charge in [0, 0.05) is 25.0 Å². The fourth-order valence-corrected chi connectivity index (χ4v) is 2.90. The van der Waals surface area contributed by atoms with Crippen molar-refractivity contribution in [2.45, 2.75) is 24.4 Å². The molecule has 0 spiro atoms. The van der Waals surface area contributed by atoms with Crippen molar-refractivity contribution in [2.75, 3.05) is 7.05 Å². The van der Waals surface area contributed by atoms with Gasteiger partial charge in [-0.2, -0.15) is 0 Å². The first-order chi connectivity index (χ1) is 10.4. The van der Waals surface area contributed by atoms with Crippen molar-refractivity contribution in [3.63, 3.8) is 0 Å². The van der Waals surface area contributed by atoms with Crippen molar-refractivity contribution in [3.8, 4) is 0 Å². The van der Waals surface area contributed by atoms with Crippen LogP contribution in [0.4, 0.5) is 0 Å². The summed E-state index contributed by atoms with van der Waals surface area (Å²) in [6.07, 6.45) is 3.31. The van der Waals surface area contributed by atoms with Crippen LogP contribution in [0, 0.1) is 0 Å². The molecule has 1 atom stereocenters. The Morgan fingerprint density at radius 1 is 1.23 bits per heavy atom. The zero-order valence-corrected chi connectivity index (χ0v) is 13.9. The first kappa shape index (κ1) is 16.9. The smallest absolute Gasteiger partial charge is 0.240 e. The fourth-order valence-electron chi connectivity index (χ4n) is 1.98. The molecule has 2 aromatic rings. The summed E-state index contributed by atoms with van der Waals surface area (Å²) in [5, 5.41) is 3.97. The van der Waals surface area contributed by atoms with Gasteiger partial charge in [-0.25, -0.2) is 13.1 Å². The summed E-state index contributed by atoms with van der Waals surface area (Å²) in [6.45, 7) is 2.62.